The van der Waals surface area contributed by atoms with Gasteiger partial charge < -0.3 is 5.32 Å². The van der Waals surface area contributed by atoms with E-state index in [4.69, 9.17) is 11.6 Å². The van der Waals surface area contributed by atoms with E-state index in [9.17, 15) is 4.39 Å². The van der Waals surface area contributed by atoms with E-state index in [0.29, 0.717) is 12.1 Å². The minimum atomic E-state index is -0.215. The lowest BCUT2D eigenvalue weighted by Gasteiger charge is -2.16. The Morgan fingerprint density at radius 1 is 1.26 bits per heavy atom. The normalized spacial score (nSPS) is 12.4. The molecule has 2 aromatic carbocycles. The summed E-state index contributed by atoms with van der Waals surface area (Å²) in [6.07, 6.45) is 0. The molecule has 19 heavy (non-hydrogen) atoms. The second-order valence-corrected chi connectivity index (χ2v) is 5.68. The van der Waals surface area contributed by atoms with Gasteiger partial charge in [-0.3, -0.25) is 0 Å². The number of hydrogen-bond acceptors (Lipinski definition) is 1. The molecule has 0 unspecified atom stereocenters. The second kappa shape index (κ2) is 6.51. The lowest BCUT2D eigenvalue weighted by molar-refractivity contribution is 0.544. The second-order valence-electron chi connectivity index (χ2n) is 4.36. The van der Waals surface area contributed by atoms with Gasteiger partial charge in [-0.05, 0) is 30.7 Å². The largest absolute Gasteiger partial charge is 0.306 e. The summed E-state index contributed by atoms with van der Waals surface area (Å²) in [5.41, 5.74) is 1.66. The van der Waals surface area contributed by atoms with E-state index in [1.807, 2.05) is 37.3 Å². The fraction of sp³-hybridized carbons (Fsp3) is 0.200. The molecule has 0 fully saturated rings. The van der Waals surface area contributed by atoms with Gasteiger partial charge in [0, 0.05) is 27.6 Å². The van der Waals surface area contributed by atoms with Gasteiger partial charge in [0.05, 0.1) is 0 Å². The highest BCUT2D eigenvalue weighted by Gasteiger charge is 2.09. The van der Waals surface area contributed by atoms with Gasteiger partial charge in [0.1, 0.15) is 5.82 Å². The molecular formula is C15H14BrClFN. The van der Waals surface area contributed by atoms with Crippen LogP contribution in [0.2, 0.25) is 5.02 Å². The zero-order valence-corrected chi connectivity index (χ0v) is 12.8. The van der Waals surface area contributed by atoms with Crippen molar-refractivity contribution in [3.05, 3.63) is 68.9 Å². The van der Waals surface area contributed by atoms with Crippen molar-refractivity contribution in [1.82, 2.24) is 5.32 Å². The monoisotopic (exact) mass is 341 g/mol. The molecule has 0 amide bonds. The molecule has 0 aliphatic rings. The molecular weight excluding hydrogens is 329 g/mol. The molecule has 1 N–H and O–H groups in total. The lowest BCUT2D eigenvalue weighted by atomic mass is 10.1. The number of benzene rings is 2. The Hall–Kier alpha value is -0.900. The van der Waals surface area contributed by atoms with E-state index in [1.54, 1.807) is 6.07 Å². The Morgan fingerprint density at radius 2 is 2.00 bits per heavy atom. The van der Waals surface area contributed by atoms with Gasteiger partial charge >= 0.3 is 0 Å². The Bertz CT molecular complexity index is 574. The van der Waals surface area contributed by atoms with Gasteiger partial charge in [-0.1, -0.05) is 51.8 Å². The molecule has 0 spiro atoms. The van der Waals surface area contributed by atoms with Gasteiger partial charge in [-0.15, -0.1) is 0 Å². The number of rotatable bonds is 4. The summed E-state index contributed by atoms with van der Waals surface area (Å²) < 4.78 is 14.4. The zero-order chi connectivity index (χ0) is 13.8. The first kappa shape index (κ1) is 14.5. The van der Waals surface area contributed by atoms with E-state index in [-0.39, 0.29) is 11.9 Å². The van der Waals surface area contributed by atoms with Crippen molar-refractivity contribution in [2.75, 3.05) is 0 Å². The van der Waals surface area contributed by atoms with Crippen LogP contribution in [0.5, 0.6) is 0 Å². The molecule has 0 aliphatic heterocycles. The van der Waals surface area contributed by atoms with Crippen LogP contribution in [-0.2, 0) is 6.54 Å². The van der Waals surface area contributed by atoms with Crippen LogP contribution >= 0.6 is 27.5 Å². The van der Waals surface area contributed by atoms with Crippen molar-refractivity contribution in [3.63, 3.8) is 0 Å². The van der Waals surface area contributed by atoms with Crippen molar-refractivity contribution >= 4 is 27.5 Å². The molecule has 0 heterocycles. The molecule has 0 bridgehead atoms. The first-order valence-electron chi connectivity index (χ1n) is 5.99. The van der Waals surface area contributed by atoms with Crippen LogP contribution in [0.1, 0.15) is 24.1 Å². The van der Waals surface area contributed by atoms with Crippen LogP contribution in [0.15, 0.2) is 46.9 Å². The van der Waals surface area contributed by atoms with Gasteiger partial charge in [0.25, 0.3) is 0 Å². The third kappa shape index (κ3) is 3.78. The molecule has 1 nitrogen and oxygen atoms in total. The molecule has 0 saturated carbocycles. The zero-order valence-electron chi connectivity index (χ0n) is 10.5. The summed E-state index contributed by atoms with van der Waals surface area (Å²) in [6, 6.07) is 12.8. The summed E-state index contributed by atoms with van der Waals surface area (Å²) in [5, 5.41) is 4.00. The fourth-order valence-electron chi connectivity index (χ4n) is 1.86. The van der Waals surface area contributed by atoms with Crippen molar-refractivity contribution in [2.24, 2.45) is 0 Å². The van der Waals surface area contributed by atoms with Gasteiger partial charge in [-0.25, -0.2) is 4.39 Å². The molecule has 0 saturated heterocycles. The summed E-state index contributed by atoms with van der Waals surface area (Å²) in [6.45, 7) is 2.48. The van der Waals surface area contributed by atoms with Crippen LogP contribution in [0.4, 0.5) is 4.39 Å². The van der Waals surface area contributed by atoms with Crippen LogP contribution in [-0.4, -0.2) is 0 Å². The highest BCUT2D eigenvalue weighted by atomic mass is 79.9. The maximum atomic E-state index is 13.7. The molecule has 4 heteroatoms. The minimum absolute atomic E-state index is 0.0664. The van der Waals surface area contributed by atoms with Gasteiger partial charge in [0.15, 0.2) is 0 Å². The third-order valence-corrected chi connectivity index (χ3v) is 3.82. The van der Waals surface area contributed by atoms with Crippen LogP contribution in [0.3, 0.4) is 0 Å². The molecule has 0 radical (unpaired) electrons. The van der Waals surface area contributed by atoms with Crippen molar-refractivity contribution in [1.29, 1.82) is 0 Å². The van der Waals surface area contributed by atoms with Crippen molar-refractivity contribution in [3.8, 4) is 0 Å². The van der Waals surface area contributed by atoms with Crippen molar-refractivity contribution in [2.45, 2.75) is 19.5 Å². The minimum Gasteiger partial charge on any atom is -0.306 e. The molecule has 0 aliphatic carbocycles. The topological polar surface area (TPSA) is 12.0 Å². The first-order valence-corrected chi connectivity index (χ1v) is 7.17. The van der Waals surface area contributed by atoms with E-state index in [1.165, 1.54) is 6.07 Å². The average molecular weight is 343 g/mol. The average Bonchev–Trinajstić information content (AvgIpc) is 2.38. The maximum absolute atomic E-state index is 13.7. The number of nitrogens with one attached hydrogen (secondary N) is 1. The maximum Gasteiger partial charge on any atom is 0.128 e. The Balaban J connectivity index is 2.04. The van der Waals surface area contributed by atoms with E-state index in [0.717, 1.165) is 15.1 Å². The molecule has 1 atom stereocenters. The quantitative estimate of drug-likeness (QED) is 0.816. The molecule has 100 valence electrons. The standard InChI is InChI=1S/C15H14BrClFN/c1-10(13-4-2-3-5-14(13)17)19-9-11-6-7-12(16)8-15(11)18/h2-8,10,19H,9H2,1H3/t10-/m1/s1. The highest BCUT2D eigenvalue weighted by molar-refractivity contribution is 9.10. The molecule has 0 aromatic heterocycles. The molecule has 2 rings (SSSR count). The number of halogens is 3. The summed E-state index contributed by atoms with van der Waals surface area (Å²) in [5.74, 6) is -0.215. The Labute approximate surface area is 125 Å². The van der Waals surface area contributed by atoms with E-state index < -0.39 is 0 Å². The Kier molecular flexibility index (Phi) is 4.97. The summed E-state index contributed by atoms with van der Waals surface area (Å²) in [4.78, 5) is 0. The van der Waals surface area contributed by atoms with Crippen LogP contribution < -0.4 is 5.32 Å². The van der Waals surface area contributed by atoms with E-state index in [2.05, 4.69) is 21.2 Å². The fourth-order valence-corrected chi connectivity index (χ4v) is 2.50. The van der Waals surface area contributed by atoms with Crippen LogP contribution in [0, 0.1) is 5.82 Å². The summed E-state index contributed by atoms with van der Waals surface area (Å²) >= 11 is 9.38. The predicted molar refractivity (Wildman–Crippen MR) is 80.8 cm³/mol. The predicted octanol–water partition coefficient (Wildman–Crippen LogP) is 5.09. The number of hydrogen-bond donors (Lipinski definition) is 1. The van der Waals surface area contributed by atoms with Gasteiger partial charge in [0.2, 0.25) is 0 Å². The van der Waals surface area contributed by atoms with Crippen molar-refractivity contribution < 1.29 is 4.39 Å². The highest BCUT2D eigenvalue weighted by Crippen LogP contribution is 2.23. The lowest BCUT2D eigenvalue weighted by Crippen LogP contribution is -2.19. The third-order valence-electron chi connectivity index (χ3n) is 2.99. The van der Waals surface area contributed by atoms with Crippen LogP contribution in [0.25, 0.3) is 0 Å². The molecule has 2 aromatic rings. The van der Waals surface area contributed by atoms with E-state index >= 15 is 0 Å². The van der Waals surface area contributed by atoms with Gasteiger partial charge in [-0.2, -0.15) is 0 Å². The summed E-state index contributed by atoms with van der Waals surface area (Å²) in [7, 11) is 0. The SMILES string of the molecule is C[C@@H](NCc1ccc(Br)cc1F)c1ccccc1Cl. The first-order chi connectivity index (χ1) is 9.08. The Morgan fingerprint density at radius 3 is 2.68 bits per heavy atom. The smallest absolute Gasteiger partial charge is 0.128 e.